The molecule has 0 aromatic carbocycles. The van der Waals surface area contributed by atoms with Crippen LogP contribution in [0.4, 0.5) is 0 Å². The van der Waals surface area contributed by atoms with Crippen LogP contribution < -0.4 is 10.6 Å². The second-order valence-electron chi connectivity index (χ2n) is 8.98. The molecular weight excluding hydrogens is 464 g/mol. The molecule has 0 aliphatic carbocycles. The summed E-state index contributed by atoms with van der Waals surface area (Å²) in [6.07, 6.45) is 1.32. The van der Waals surface area contributed by atoms with Gasteiger partial charge < -0.3 is 20.8 Å². The van der Waals surface area contributed by atoms with Crippen molar-refractivity contribution >= 4 is 44.7 Å². The second-order valence-corrected chi connectivity index (χ2v) is 11.7. The Balaban J connectivity index is 2.78. The molecule has 1 aliphatic heterocycles. The maximum absolute atomic E-state index is 13.1. The van der Waals surface area contributed by atoms with Gasteiger partial charge in [-0.1, -0.05) is 35.4 Å². The van der Waals surface area contributed by atoms with E-state index in [1.54, 1.807) is 20.9 Å². The summed E-state index contributed by atoms with van der Waals surface area (Å²) in [6, 6.07) is -0.393. The van der Waals surface area contributed by atoms with Crippen molar-refractivity contribution in [3.63, 3.8) is 0 Å². The van der Waals surface area contributed by atoms with Gasteiger partial charge in [0, 0.05) is 18.9 Å². The van der Waals surface area contributed by atoms with E-state index in [1.165, 1.54) is 28.5 Å². The number of hydrogen-bond acceptors (Lipinski definition) is 10. The van der Waals surface area contributed by atoms with Crippen LogP contribution in [0.1, 0.15) is 59.3 Å². The number of rotatable bonds is 16. The zero-order valence-corrected chi connectivity index (χ0v) is 21.8. The first kappa shape index (κ1) is 30.3. The first-order chi connectivity index (χ1) is 15.6. The van der Waals surface area contributed by atoms with Gasteiger partial charge in [0.1, 0.15) is 23.5 Å². The van der Waals surface area contributed by atoms with Gasteiger partial charge >= 0.3 is 0 Å². The first-order valence-corrected chi connectivity index (χ1v) is 14.0. The number of nitrogens with one attached hydrogen (secondary N) is 2. The predicted octanol–water partition coefficient (Wildman–Crippen LogP) is 1.56. The number of aliphatic hydroxyl groups is 2. The fourth-order valence-electron chi connectivity index (χ4n) is 3.67. The van der Waals surface area contributed by atoms with Crippen molar-refractivity contribution in [1.82, 2.24) is 10.6 Å². The van der Waals surface area contributed by atoms with Gasteiger partial charge in [-0.05, 0) is 58.5 Å². The second kappa shape index (κ2) is 16.0. The first-order valence-electron chi connectivity index (χ1n) is 11.7. The van der Waals surface area contributed by atoms with Crippen LogP contribution in [0.5, 0.6) is 0 Å². The van der Waals surface area contributed by atoms with E-state index >= 15 is 0 Å². The summed E-state index contributed by atoms with van der Waals surface area (Å²) < 4.78 is 0. The summed E-state index contributed by atoms with van der Waals surface area (Å²) in [5, 5.41) is 24.6. The molecule has 5 atom stereocenters. The molecule has 0 spiro atoms. The molecule has 1 fully saturated rings. The standard InChI is InChI=1S/C23H40N2O6S2/c1-14(2)21(29)23(31)20-12-16(22(30)19(32-33-20)6-5-11-26)7-8-17(28)13-25-18(15(3)27)9-10-24-4/h14,16,18-21,24-26,29H,5-13H2,1-4H3/t16-,18+,19?,20?,21+/m1/s1. The van der Waals surface area contributed by atoms with Crippen molar-refractivity contribution < 1.29 is 29.4 Å². The molecule has 0 aromatic rings. The maximum Gasteiger partial charge on any atom is 0.175 e. The van der Waals surface area contributed by atoms with E-state index in [4.69, 9.17) is 0 Å². The number of hydrogen-bond donors (Lipinski definition) is 4. The van der Waals surface area contributed by atoms with Crippen LogP contribution in [0.25, 0.3) is 0 Å². The Hall–Kier alpha value is -0.780. The predicted molar refractivity (Wildman–Crippen MR) is 133 cm³/mol. The minimum absolute atomic E-state index is 0.00618. The lowest BCUT2D eigenvalue weighted by molar-refractivity contribution is -0.129. The highest BCUT2D eigenvalue weighted by atomic mass is 33.1. The highest BCUT2D eigenvalue weighted by molar-refractivity contribution is 8.77. The lowest BCUT2D eigenvalue weighted by Crippen LogP contribution is -2.40. The molecule has 1 saturated heterocycles. The van der Waals surface area contributed by atoms with Gasteiger partial charge in [-0.3, -0.25) is 19.2 Å². The van der Waals surface area contributed by atoms with E-state index in [9.17, 15) is 29.4 Å². The number of carbonyl (C=O) groups is 4. The van der Waals surface area contributed by atoms with Crippen molar-refractivity contribution in [2.45, 2.75) is 81.9 Å². The van der Waals surface area contributed by atoms with Crippen molar-refractivity contribution in [2.75, 3.05) is 26.7 Å². The minimum atomic E-state index is -1.08. The van der Waals surface area contributed by atoms with Gasteiger partial charge in [0.2, 0.25) is 0 Å². The van der Waals surface area contributed by atoms with Crippen LogP contribution in [0.15, 0.2) is 0 Å². The Kier molecular flexibility index (Phi) is 14.7. The van der Waals surface area contributed by atoms with Gasteiger partial charge in [0.15, 0.2) is 5.78 Å². The average molecular weight is 505 g/mol. The SMILES string of the molecule is CNCC[C@H](NCC(=O)CC[C@@H]1CC(C(=O)[C@@H](O)C(C)C)SSC(CCCO)C1=O)C(C)=O. The Morgan fingerprint density at radius 1 is 1.18 bits per heavy atom. The number of ketones is 4. The number of aliphatic hydroxyl groups excluding tert-OH is 2. The summed E-state index contributed by atoms with van der Waals surface area (Å²) in [7, 11) is 4.47. The van der Waals surface area contributed by atoms with Gasteiger partial charge in [0.25, 0.3) is 0 Å². The summed E-state index contributed by atoms with van der Waals surface area (Å²) in [4.78, 5) is 50.2. The smallest absolute Gasteiger partial charge is 0.175 e. The zero-order chi connectivity index (χ0) is 25.0. The molecule has 1 rings (SSSR count). The maximum atomic E-state index is 13.1. The Bertz CT molecular complexity index is 661. The van der Waals surface area contributed by atoms with Gasteiger partial charge in [0.05, 0.1) is 23.1 Å². The quantitative estimate of drug-likeness (QED) is 0.230. The van der Waals surface area contributed by atoms with Crippen LogP contribution in [0, 0.1) is 11.8 Å². The molecule has 10 heteroatoms. The zero-order valence-electron chi connectivity index (χ0n) is 20.2. The lowest BCUT2D eigenvalue weighted by Gasteiger charge is -2.21. The molecule has 2 unspecified atom stereocenters. The minimum Gasteiger partial charge on any atom is -0.396 e. The third kappa shape index (κ3) is 10.6. The molecule has 33 heavy (non-hydrogen) atoms. The van der Waals surface area contributed by atoms with Gasteiger partial charge in [-0.2, -0.15) is 0 Å². The summed E-state index contributed by atoms with van der Waals surface area (Å²) in [5.74, 6) is -1.05. The van der Waals surface area contributed by atoms with Crippen LogP contribution in [-0.2, 0) is 19.2 Å². The number of carbonyl (C=O) groups excluding carboxylic acids is 4. The molecule has 0 aromatic heterocycles. The average Bonchev–Trinajstić information content (AvgIpc) is 2.93. The summed E-state index contributed by atoms with van der Waals surface area (Å²) in [5.41, 5.74) is 0. The normalized spacial score (nSPS) is 23.2. The molecule has 0 bridgehead atoms. The van der Waals surface area contributed by atoms with E-state index in [-0.39, 0.29) is 53.9 Å². The van der Waals surface area contributed by atoms with Crippen molar-refractivity contribution in [3.8, 4) is 0 Å². The molecule has 0 radical (unpaired) electrons. The highest BCUT2D eigenvalue weighted by Gasteiger charge is 2.38. The fraction of sp³-hybridized carbons (Fsp3) is 0.826. The molecule has 4 N–H and O–H groups in total. The Morgan fingerprint density at radius 3 is 2.45 bits per heavy atom. The molecule has 1 aliphatic rings. The van der Waals surface area contributed by atoms with E-state index in [0.717, 1.165) is 0 Å². The highest BCUT2D eigenvalue weighted by Crippen LogP contribution is 2.43. The number of Topliss-reactive ketones (excluding diaryl/α,β-unsaturated/α-hetero) is 4. The van der Waals surface area contributed by atoms with Crippen molar-refractivity contribution in [2.24, 2.45) is 11.8 Å². The monoisotopic (exact) mass is 504 g/mol. The van der Waals surface area contributed by atoms with E-state index < -0.39 is 23.3 Å². The third-order valence-corrected chi connectivity index (χ3v) is 9.06. The van der Waals surface area contributed by atoms with Crippen LogP contribution in [0.2, 0.25) is 0 Å². The molecule has 190 valence electrons. The van der Waals surface area contributed by atoms with Crippen LogP contribution in [0.3, 0.4) is 0 Å². The van der Waals surface area contributed by atoms with Gasteiger partial charge in [-0.15, -0.1) is 0 Å². The topological polar surface area (TPSA) is 133 Å². The molecular formula is C23H40N2O6S2. The summed E-state index contributed by atoms with van der Waals surface area (Å²) in [6.45, 7) is 5.75. The third-order valence-electron chi connectivity index (χ3n) is 5.86. The van der Waals surface area contributed by atoms with Crippen LogP contribution >= 0.6 is 21.6 Å². The molecule has 1 heterocycles. The van der Waals surface area contributed by atoms with Crippen LogP contribution in [-0.4, -0.2) is 82.7 Å². The van der Waals surface area contributed by atoms with Gasteiger partial charge in [-0.25, -0.2) is 0 Å². The van der Waals surface area contributed by atoms with Crippen molar-refractivity contribution in [1.29, 1.82) is 0 Å². The van der Waals surface area contributed by atoms with E-state index in [0.29, 0.717) is 38.6 Å². The molecule has 0 saturated carbocycles. The Morgan fingerprint density at radius 2 is 1.88 bits per heavy atom. The fourth-order valence-corrected chi connectivity index (χ4v) is 6.93. The lowest BCUT2D eigenvalue weighted by atomic mass is 9.87. The van der Waals surface area contributed by atoms with E-state index in [2.05, 4.69) is 10.6 Å². The molecule has 8 nitrogen and oxygen atoms in total. The molecule has 0 amide bonds. The Labute approximate surface area is 205 Å². The summed E-state index contributed by atoms with van der Waals surface area (Å²) >= 11 is 0. The van der Waals surface area contributed by atoms with E-state index in [1.807, 2.05) is 0 Å². The van der Waals surface area contributed by atoms with Crippen molar-refractivity contribution in [3.05, 3.63) is 0 Å². The largest absolute Gasteiger partial charge is 0.396 e.